The lowest BCUT2D eigenvalue weighted by atomic mass is 10.1. The minimum Gasteiger partial charge on any atom is -0.453 e. The number of alkyl carbamates (subject to hydrolysis) is 1. The van der Waals surface area contributed by atoms with Gasteiger partial charge in [0.25, 0.3) is 0 Å². The van der Waals surface area contributed by atoms with Gasteiger partial charge in [0.2, 0.25) is 0 Å². The number of nitrogens with zero attached hydrogens (tertiary/aromatic N) is 1. The summed E-state index contributed by atoms with van der Waals surface area (Å²) < 4.78 is 4.54. The van der Waals surface area contributed by atoms with Crippen molar-refractivity contribution in [1.29, 1.82) is 0 Å². The first kappa shape index (κ1) is 20.7. The number of rotatable bonds is 6. The zero-order valence-electron chi connectivity index (χ0n) is 14.4. The minimum atomic E-state index is -0.393. The van der Waals surface area contributed by atoms with Gasteiger partial charge in [-0.1, -0.05) is 50.9 Å². The summed E-state index contributed by atoms with van der Waals surface area (Å²) >= 11 is 5.89. The predicted octanol–water partition coefficient (Wildman–Crippen LogP) is 4.50. The lowest BCUT2D eigenvalue weighted by Gasteiger charge is -2.28. The second-order valence-corrected chi connectivity index (χ2v) is 5.42. The van der Waals surface area contributed by atoms with Crippen LogP contribution >= 0.6 is 11.6 Å². The highest BCUT2D eigenvalue weighted by Crippen LogP contribution is 2.21. The molecule has 126 valence electrons. The summed E-state index contributed by atoms with van der Waals surface area (Å²) in [7, 11) is 1.36. The van der Waals surface area contributed by atoms with Crippen LogP contribution in [0.5, 0.6) is 0 Å². The second-order valence-electron chi connectivity index (χ2n) is 4.98. The Labute approximate surface area is 139 Å². The minimum absolute atomic E-state index is 0.279. The molecular formula is C17H29ClN2O2. The van der Waals surface area contributed by atoms with Crippen LogP contribution in [0.3, 0.4) is 0 Å². The number of hydrogen-bond donors (Lipinski definition) is 1. The van der Waals surface area contributed by atoms with Gasteiger partial charge in [0.1, 0.15) is 0 Å². The fraction of sp³-hybridized carbons (Fsp3) is 0.588. The summed E-state index contributed by atoms with van der Waals surface area (Å²) in [6.07, 6.45) is 0.857. The van der Waals surface area contributed by atoms with Crippen molar-refractivity contribution in [1.82, 2.24) is 10.2 Å². The first-order chi connectivity index (χ1) is 10.5. The number of carbonyl (C=O) groups excluding carboxylic acids is 1. The monoisotopic (exact) mass is 328 g/mol. The zero-order valence-corrected chi connectivity index (χ0v) is 15.1. The molecule has 0 fully saturated rings. The molecule has 0 spiro atoms. The van der Waals surface area contributed by atoms with Crippen molar-refractivity contribution < 1.29 is 9.53 Å². The molecule has 1 amide bonds. The van der Waals surface area contributed by atoms with Gasteiger partial charge in [-0.15, -0.1) is 0 Å². The third-order valence-corrected chi connectivity index (χ3v) is 3.41. The normalized spacial score (nSPS) is 11.4. The molecule has 0 radical (unpaired) electrons. The molecule has 1 aromatic rings. The summed E-state index contributed by atoms with van der Waals surface area (Å²) in [5.74, 6) is 0. The predicted molar refractivity (Wildman–Crippen MR) is 93.5 cm³/mol. The van der Waals surface area contributed by atoms with Gasteiger partial charge < -0.3 is 10.1 Å². The van der Waals surface area contributed by atoms with Crippen molar-refractivity contribution in [2.75, 3.05) is 26.7 Å². The van der Waals surface area contributed by atoms with E-state index in [1.807, 2.05) is 24.3 Å². The van der Waals surface area contributed by atoms with Gasteiger partial charge in [-0.25, -0.2) is 4.79 Å². The van der Waals surface area contributed by atoms with Crippen LogP contribution in [0, 0.1) is 0 Å². The van der Waals surface area contributed by atoms with Crippen LogP contribution in [0.25, 0.3) is 0 Å². The third kappa shape index (κ3) is 8.25. The Kier molecular flexibility index (Phi) is 11.6. The molecule has 0 aromatic heterocycles. The number of carbonyl (C=O) groups is 1. The number of halogens is 1. The molecule has 0 aliphatic rings. The Bertz CT molecular complexity index is 410. The average Bonchev–Trinajstić information content (AvgIpc) is 2.52. The van der Waals surface area contributed by atoms with Crippen LogP contribution in [0.1, 0.15) is 45.7 Å². The summed E-state index contributed by atoms with van der Waals surface area (Å²) in [6.45, 7) is 10.7. The number of nitrogens with one attached hydrogen (secondary N) is 1. The fourth-order valence-electron chi connectivity index (χ4n) is 1.95. The number of ether oxygens (including phenoxy) is 1. The molecule has 4 nitrogen and oxygen atoms in total. The van der Waals surface area contributed by atoms with Crippen molar-refractivity contribution in [2.24, 2.45) is 0 Å². The van der Waals surface area contributed by atoms with Crippen molar-refractivity contribution in [3.63, 3.8) is 0 Å². The number of methoxy groups -OCH3 is 1. The van der Waals surface area contributed by atoms with Crippen LogP contribution < -0.4 is 5.32 Å². The Balaban J connectivity index is 0.00000135. The highest BCUT2D eigenvalue weighted by atomic mass is 35.5. The maximum absolute atomic E-state index is 11.0. The average molecular weight is 329 g/mol. The van der Waals surface area contributed by atoms with E-state index in [4.69, 9.17) is 11.6 Å². The molecule has 1 aromatic carbocycles. The highest BCUT2D eigenvalue weighted by Gasteiger charge is 2.14. The Morgan fingerprint density at radius 2 is 1.82 bits per heavy atom. The van der Waals surface area contributed by atoms with Crippen molar-refractivity contribution in [3.05, 3.63) is 34.9 Å². The largest absolute Gasteiger partial charge is 0.453 e. The second kappa shape index (κ2) is 12.3. The SMILES string of the molecule is CCC.CCN(CCNC(=O)OC)[C@@H](C)c1ccc(Cl)cc1. The quantitative estimate of drug-likeness (QED) is 0.836. The maximum atomic E-state index is 11.0. The van der Waals surface area contributed by atoms with E-state index in [0.29, 0.717) is 6.54 Å². The number of amides is 1. The Hall–Kier alpha value is -1.26. The van der Waals surface area contributed by atoms with E-state index in [1.54, 1.807) is 0 Å². The first-order valence-electron chi connectivity index (χ1n) is 7.81. The van der Waals surface area contributed by atoms with Crippen LogP contribution in [0.2, 0.25) is 5.02 Å². The van der Waals surface area contributed by atoms with Crippen molar-refractivity contribution in [3.8, 4) is 0 Å². The zero-order chi connectivity index (χ0) is 17.0. The lowest BCUT2D eigenvalue weighted by Crippen LogP contribution is -2.36. The van der Waals surface area contributed by atoms with E-state index in [9.17, 15) is 4.79 Å². The van der Waals surface area contributed by atoms with Gasteiger partial charge >= 0.3 is 6.09 Å². The fourth-order valence-corrected chi connectivity index (χ4v) is 2.08. The van der Waals surface area contributed by atoms with Crippen LogP contribution in [-0.2, 0) is 4.74 Å². The summed E-state index contributed by atoms with van der Waals surface area (Å²) in [4.78, 5) is 13.3. The van der Waals surface area contributed by atoms with Crippen LogP contribution in [0.15, 0.2) is 24.3 Å². The smallest absolute Gasteiger partial charge is 0.406 e. The molecule has 1 N–H and O–H groups in total. The topological polar surface area (TPSA) is 41.6 Å². The number of likely N-dealkylation sites (N-methyl/N-ethyl adjacent to an activating group) is 1. The first-order valence-corrected chi connectivity index (χ1v) is 8.19. The van der Waals surface area contributed by atoms with E-state index in [1.165, 1.54) is 19.1 Å². The molecule has 22 heavy (non-hydrogen) atoms. The van der Waals surface area contributed by atoms with Crippen LogP contribution in [-0.4, -0.2) is 37.7 Å². The molecular weight excluding hydrogens is 300 g/mol. The van der Waals surface area contributed by atoms with Gasteiger partial charge in [0.05, 0.1) is 7.11 Å². The van der Waals surface area contributed by atoms with E-state index < -0.39 is 6.09 Å². The lowest BCUT2D eigenvalue weighted by molar-refractivity contribution is 0.165. The highest BCUT2D eigenvalue weighted by molar-refractivity contribution is 6.30. The van der Waals surface area contributed by atoms with Gasteiger partial charge in [0, 0.05) is 24.2 Å². The standard InChI is InChI=1S/C14H21ClN2O2.C3H8/c1-4-17(10-9-16-14(18)19-3)11(2)12-5-7-13(15)8-6-12;1-3-2/h5-8,11H,4,9-10H2,1-3H3,(H,16,18);3H2,1-2H3/t11-;/m0./s1. The molecule has 0 aliphatic carbocycles. The summed E-state index contributed by atoms with van der Waals surface area (Å²) in [6, 6.07) is 8.14. The van der Waals surface area contributed by atoms with Gasteiger partial charge in [-0.3, -0.25) is 4.90 Å². The third-order valence-electron chi connectivity index (χ3n) is 3.16. The van der Waals surface area contributed by atoms with E-state index in [2.05, 4.69) is 42.6 Å². The van der Waals surface area contributed by atoms with E-state index >= 15 is 0 Å². The molecule has 5 heteroatoms. The molecule has 0 saturated heterocycles. The van der Waals surface area contributed by atoms with Crippen LogP contribution in [0.4, 0.5) is 4.79 Å². The molecule has 0 heterocycles. The van der Waals surface area contributed by atoms with Crippen molar-refractivity contribution in [2.45, 2.75) is 40.2 Å². The molecule has 1 rings (SSSR count). The molecule has 0 bridgehead atoms. The molecule has 0 saturated carbocycles. The Morgan fingerprint density at radius 1 is 1.27 bits per heavy atom. The maximum Gasteiger partial charge on any atom is 0.406 e. The molecule has 1 atom stereocenters. The van der Waals surface area contributed by atoms with Gasteiger partial charge in [-0.2, -0.15) is 0 Å². The number of hydrogen-bond acceptors (Lipinski definition) is 3. The van der Waals surface area contributed by atoms with Gasteiger partial charge in [-0.05, 0) is 31.2 Å². The summed E-state index contributed by atoms with van der Waals surface area (Å²) in [5.41, 5.74) is 1.21. The number of benzene rings is 1. The molecule has 0 aliphatic heterocycles. The Morgan fingerprint density at radius 3 is 2.27 bits per heavy atom. The summed E-state index contributed by atoms with van der Waals surface area (Å²) in [5, 5.41) is 3.43. The molecule has 0 unspecified atom stereocenters. The van der Waals surface area contributed by atoms with Gasteiger partial charge in [0.15, 0.2) is 0 Å². The van der Waals surface area contributed by atoms with E-state index in [-0.39, 0.29) is 6.04 Å². The van der Waals surface area contributed by atoms with Crippen molar-refractivity contribution >= 4 is 17.7 Å². The van der Waals surface area contributed by atoms with E-state index in [0.717, 1.165) is 18.1 Å².